The molecule has 0 aliphatic carbocycles. The zero-order chi connectivity index (χ0) is 13.4. The summed E-state index contributed by atoms with van der Waals surface area (Å²) < 4.78 is 39.1. The van der Waals surface area contributed by atoms with Gasteiger partial charge in [0, 0.05) is 10.0 Å². The number of hydrogen-bond acceptors (Lipinski definition) is 1. The van der Waals surface area contributed by atoms with E-state index in [1.807, 2.05) is 6.92 Å². The van der Waals surface area contributed by atoms with Gasteiger partial charge in [0.1, 0.15) is 0 Å². The van der Waals surface area contributed by atoms with Crippen LogP contribution in [0.3, 0.4) is 0 Å². The Labute approximate surface area is 107 Å². The van der Waals surface area contributed by atoms with Crippen molar-refractivity contribution in [1.29, 1.82) is 0 Å². The van der Waals surface area contributed by atoms with Crippen molar-refractivity contribution in [1.82, 2.24) is 0 Å². The third kappa shape index (κ3) is 2.50. The minimum absolute atomic E-state index is 0.129. The molecule has 0 saturated heterocycles. The van der Waals surface area contributed by atoms with Crippen LogP contribution in [0.25, 0.3) is 0 Å². The molecule has 1 atom stereocenters. The summed E-state index contributed by atoms with van der Waals surface area (Å²) in [7, 11) is 0. The Bertz CT molecular complexity index is 428. The van der Waals surface area contributed by atoms with E-state index in [2.05, 4.69) is 15.9 Å². The molecule has 1 aromatic carbocycles. The third-order valence-electron chi connectivity index (χ3n) is 3.01. The van der Waals surface area contributed by atoms with Crippen molar-refractivity contribution in [2.24, 2.45) is 0 Å². The first-order chi connectivity index (χ1) is 7.63. The molecule has 1 rings (SSSR count). The highest BCUT2D eigenvalue weighted by Gasteiger charge is 2.54. The largest absolute Gasteiger partial charge is 0.421 e. The number of rotatable bonds is 2. The number of hydrogen-bond donors (Lipinski definition) is 1. The standard InChI is InChI=1S/C12H14BrF3O/c1-4-11(17,12(14,15)16)9-5-7(2)8(3)6-10(9)13/h5-6,17H,4H2,1-3H3. The quantitative estimate of drug-likeness (QED) is 0.867. The average molecular weight is 311 g/mol. The Morgan fingerprint density at radius 2 is 1.65 bits per heavy atom. The molecule has 0 aromatic heterocycles. The normalized spacial score (nSPS) is 15.8. The molecule has 5 heteroatoms. The number of aliphatic hydroxyl groups is 1. The fourth-order valence-electron chi connectivity index (χ4n) is 1.64. The van der Waals surface area contributed by atoms with Crippen LogP contribution < -0.4 is 0 Å². The molecule has 0 aliphatic rings. The molecule has 0 heterocycles. The Hall–Kier alpha value is -0.550. The topological polar surface area (TPSA) is 20.2 Å². The van der Waals surface area contributed by atoms with Crippen LogP contribution in [0.5, 0.6) is 0 Å². The third-order valence-corrected chi connectivity index (χ3v) is 3.67. The van der Waals surface area contributed by atoms with E-state index in [-0.39, 0.29) is 10.0 Å². The SMILES string of the molecule is CCC(O)(c1cc(C)c(C)cc1Br)C(F)(F)F. The van der Waals surface area contributed by atoms with E-state index in [0.717, 1.165) is 11.1 Å². The summed E-state index contributed by atoms with van der Waals surface area (Å²) in [4.78, 5) is 0. The smallest absolute Gasteiger partial charge is 0.376 e. The first kappa shape index (κ1) is 14.5. The maximum Gasteiger partial charge on any atom is 0.421 e. The highest BCUT2D eigenvalue weighted by atomic mass is 79.9. The molecule has 0 bridgehead atoms. The minimum Gasteiger partial charge on any atom is -0.376 e. The van der Waals surface area contributed by atoms with Crippen molar-refractivity contribution in [3.05, 3.63) is 33.3 Å². The molecule has 0 saturated carbocycles. The maximum absolute atomic E-state index is 12.9. The Morgan fingerprint density at radius 3 is 2.06 bits per heavy atom. The maximum atomic E-state index is 12.9. The van der Waals surface area contributed by atoms with Gasteiger partial charge in [0.25, 0.3) is 0 Å². The molecule has 0 radical (unpaired) electrons. The second-order valence-electron chi connectivity index (χ2n) is 4.13. The summed E-state index contributed by atoms with van der Waals surface area (Å²) in [5.74, 6) is 0. The van der Waals surface area contributed by atoms with E-state index in [9.17, 15) is 18.3 Å². The second-order valence-corrected chi connectivity index (χ2v) is 4.98. The summed E-state index contributed by atoms with van der Waals surface area (Å²) in [6.07, 6.45) is -5.11. The highest BCUT2D eigenvalue weighted by molar-refractivity contribution is 9.10. The highest BCUT2D eigenvalue weighted by Crippen LogP contribution is 2.44. The van der Waals surface area contributed by atoms with Gasteiger partial charge < -0.3 is 5.11 Å². The predicted octanol–water partition coefficient (Wildman–Crippen LogP) is 4.23. The van der Waals surface area contributed by atoms with Crippen molar-refractivity contribution in [3.8, 4) is 0 Å². The number of alkyl halides is 3. The van der Waals surface area contributed by atoms with Gasteiger partial charge in [-0.15, -0.1) is 0 Å². The van der Waals surface area contributed by atoms with Crippen LogP contribution in [0.2, 0.25) is 0 Å². The summed E-state index contributed by atoms with van der Waals surface area (Å²) in [5, 5.41) is 9.87. The van der Waals surface area contributed by atoms with Crippen LogP contribution in [-0.4, -0.2) is 11.3 Å². The van der Waals surface area contributed by atoms with Gasteiger partial charge in [-0.1, -0.05) is 28.9 Å². The Morgan fingerprint density at radius 1 is 1.18 bits per heavy atom. The summed E-state index contributed by atoms with van der Waals surface area (Å²) in [6.45, 7) is 4.84. The molecule has 1 nitrogen and oxygen atoms in total. The second kappa shape index (κ2) is 4.61. The van der Waals surface area contributed by atoms with Gasteiger partial charge in [-0.25, -0.2) is 0 Å². The Kier molecular flexibility index (Phi) is 3.94. The van der Waals surface area contributed by atoms with Gasteiger partial charge in [0.05, 0.1) is 0 Å². The lowest BCUT2D eigenvalue weighted by Crippen LogP contribution is -2.42. The lowest BCUT2D eigenvalue weighted by atomic mass is 9.88. The molecule has 1 N–H and O–H groups in total. The summed E-state index contributed by atoms with van der Waals surface area (Å²) in [5.41, 5.74) is -1.33. The van der Waals surface area contributed by atoms with E-state index >= 15 is 0 Å². The van der Waals surface area contributed by atoms with Gasteiger partial charge >= 0.3 is 6.18 Å². The minimum atomic E-state index is -4.69. The van der Waals surface area contributed by atoms with E-state index in [4.69, 9.17) is 0 Å². The van der Waals surface area contributed by atoms with Gasteiger partial charge in [-0.2, -0.15) is 13.2 Å². The summed E-state index contributed by atoms with van der Waals surface area (Å²) >= 11 is 3.09. The molecule has 1 aromatic rings. The summed E-state index contributed by atoms with van der Waals surface area (Å²) in [6, 6.07) is 2.98. The lowest BCUT2D eigenvalue weighted by Gasteiger charge is -2.31. The van der Waals surface area contributed by atoms with E-state index in [1.54, 1.807) is 13.0 Å². The van der Waals surface area contributed by atoms with Crippen molar-refractivity contribution < 1.29 is 18.3 Å². The van der Waals surface area contributed by atoms with Crippen LogP contribution in [0.15, 0.2) is 16.6 Å². The molecule has 0 fully saturated rings. The molecular weight excluding hydrogens is 297 g/mol. The first-order valence-corrected chi connectivity index (χ1v) is 5.99. The number of halogens is 4. The predicted molar refractivity (Wildman–Crippen MR) is 63.9 cm³/mol. The monoisotopic (exact) mass is 310 g/mol. The van der Waals surface area contributed by atoms with Crippen LogP contribution in [0, 0.1) is 13.8 Å². The zero-order valence-corrected chi connectivity index (χ0v) is 11.4. The van der Waals surface area contributed by atoms with Crippen LogP contribution >= 0.6 is 15.9 Å². The van der Waals surface area contributed by atoms with Gasteiger partial charge in [-0.05, 0) is 37.5 Å². The molecule has 0 spiro atoms. The average Bonchev–Trinajstić information content (AvgIpc) is 2.20. The number of benzene rings is 1. The van der Waals surface area contributed by atoms with Crippen LogP contribution in [0.4, 0.5) is 13.2 Å². The fourth-order valence-corrected chi connectivity index (χ4v) is 2.43. The molecule has 0 amide bonds. The molecule has 0 aliphatic heterocycles. The van der Waals surface area contributed by atoms with Crippen molar-refractivity contribution in [2.45, 2.75) is 39.0 Å². The molecular formula is C12H14BrF3O. The lowest BCUT2D eigenvalue weighted by molar-refractivity contribution is -0.268. The zero-order valence-electron chi connectivity index (χ0n) is 9.82. The van der Waals surface area contributed by atoms with Crippen molar-refractivity contribution in [2.75, 3.05) is 0 Å². The fraction of sp³-hybridized carbons (Fsp3) is 0.500. The van der Waals surface area contributed by atoms with Crippen molar-refractivity contribution in [3.63, 3.8) is 0 Å². The van der Waals surface area contributed by atoms with Crippen molar-refractivity contribution >= 4 is 15.9 Å². The van der Waals surface area contributed by atoms with Gasteiger partial charge in [-0.3, -0.25) is 0 Å². The van der Waals surface area contributed by atoms with Gasteiger partial charge in [0.2, 0.25) is 0 Å². The Balaban J connectivity index is 3.46. The van der Waals surface area contributed by atoms with E-state index < -0.39 is 18.2 Å². The van der Waals surface area contributed by atoms with Gasteiger partial charge in [0.15, 0.2) is 5.60 Å². The van der Waals surface area contributed by atoms with Crippen LogP contribution in [-0.2, 0) is 5.60 Å². The molecule has 96 valence electrons. The van der Waals surface area contributed by atoms with Crippen LogP contribution in [0.1, 0.15) is 30.0 Å². The van der Waals surface area contributed by atoms with E-state index in [0.29, 0.717) is 0 Å². The number of aryl methyl sites for hydroxylation is 2. The van der Waals surface area contributed by atoms with E-state index in [1.165, 1.54) is 13.0 Å². The molecule has 17 heavy (non-hydrogen) atoms. The first-order valence-electron chi connectivity index (χ1n) is 5.19. The molecule has 1 unspecified atom stereocenters.